The van der Waals surface area contributed by atoms with Crippen LogP contribution < -0.4 is 5.32 Å². The smallest absolute Gasteiger partial charge is 0.0240 e. The summed E-state index contributed by atoms with van der Waals surface area (Å²) < 4.78 is 0. The van der Waals surface area contributed by atoms with Gasteiger partial charge in [-0.25, -0.2) is 0 Å². The van der Waals surface area contributed by atoms with Gasteiger partial charge in [-0.05, 0) is 30.9 Å². The Morgan fingerprint density at radius 1 is 0.850 bits per heavy atom. The lowest BCUT2D eigenvalue weighted by molar-refractivity contribution is 0.300. The third kappa shape index (κ3) is 2.94. The third-order valence-electron chi connectivity index (χ3n) is 4.42. The van der Waals surface area contributed by atoms with Gasteiger partial charge in [0.15, 0.2) is 0 Å². The first-order chi connectivity index (χ1) is 9.84. The number of nitrogens with one attached hydrogen (secondary N) is 1. The van der Waals surface area contributed by atoms with E-state index in [1.54, 1.807) is 0 Å². The molecule has 0 radical (unpaired) electrons. The molecule has 1 unspecified atom stereocenters. The van der Waals surface area contributed by atoms with Crippen molar-refractivity contribution in [1.82, 2.24) is 5.32 Å². The second-order valence-electron chi connectivity index (χ2n) is 5.88. The van der Waals surface area contributed by atoms with E-state index in [0.29, 0.717) is 12.0 Å². The summed E-state index contributed by atoms with van der Waals surface area (Å²) in [5.74, 6) is 0.429. The highest BCUT2D eigenvalue weighted by Crippen LogP contribution is 2.29. The number of benzene rings is 2. The highest BCUT2D eigenvalue weighted by molar-refractivity contribution is 5.34. The van der Waals surface area contributed by atoms with Crippen LogP contribution in [0.4, 0.5) is 0 Å². The molecule has 1 nitrogen and oxygen atoms in total. The lowest BCUT2D eigenvalue weighted by Crippen LogP contribution is -2.43. The molecule has 0 aromatic heterocycles. The zero-order valence-corrected chi connectivity index (χ0v) is 12.1. The van der Waals surface area contributed by atoms with Crippen LogP contribution in [0.1, 0.15) is 43.2 Å². The summed E-state index contributed by atoms with van der Waals surface area (Å²) in [6, 6.07) is 22.9. The maximum absolute atomic E-state index is 3.81. The first-order valence-corrected chi connectivity index (χ1v) is 7.70. The fraction of sp³-hybridized carbons (Fsp3) is 0.368. The first-order valence-electron chi connectivity index (χ1n) is 7.70. The zero-order chi connectivity index (χ0) is 13.8. The minimum absolute atomic E-state index is 0.429. The van der Waals surface area contributed by atoms with Crippen molar-refractivity contribution >= 4 is 0 Å². The number of hydrogen-bond acceptors (Lipinski definition) is 1. The van der Waals surface area contributed by atoms with Gasteiger partial charge in [0.1, 0.15) is 0 Å². The van der Waals surface area contributed by atoms with E-state index >= 15 is 0 Å². The van der Waals surface area contributed by atoms with Crippen molar-refractivity contribution in [3.63, 3.8) is 0 Å². The second kappa shape index (κ2) is 6.23. The first kappa shape index (κ1) is 13.4. The molecule has 1 fully saturated rings. The highest BCUT2D eigenvalue weighted by atomic mass is 15.0. The van der Waals surface area contributed by atoms with E-state index in [4.69, 9.17) is 0 Å². The molecule has 1 aliphatic rings. The van der Waals surface area contributed by atoms with Crippen molar-refractivity contribution in [3.8, 4) is 0 Å². The molecule has 1 saturated carbocycles. The van der Waals surface area contributed by atoms with Gasteiger partial charge >= 0.3 is 0 Å². The monoisotopic (exact) mass is 265 g/mol. The molecule has 0 amide bonds. The van der Waals surface area contributed by atoms with E-state index in [2.05, 4.69) is 72.9 Å². The molecule has 3 rings (SSSR count). The van der Waals surface area contributed by atoms with Crippen molar-refractivity contribution in [1.29, 1.82) is 0 Å². The van der Waals surface area contributed by atoms with Crippen LogP contribution in [0.5, 0.6) is 0 Å². The fourth-order valence-electron chi connectivity index (χ4n) is 3.13. The van der Waals surface area contributed by atoms with Gasteiger partial charge in [-0.3, -0.25) is 0 Å². The minimum Gasteiger partial charge on any atom is -0.311 e. The normalized spacial score (nSPS) is 16.9. The van der Waals surface area contributed by atoms with Crippen LogP contribution in [0.2, 0.25) is 0 Å². The van der Waals surface area contributed by atoms with Crippen molar-refractivity contribution in [2.45, 2.75) is 44.2 Å². The summed E-state index contributed by atoms with van der Waals surface area (Å²) in [6.45, 7) is 2.32. The Kier molecular flexibility index (Phi) is 4.17. The van der Waals surface area contributed by atoms with Crippen LogP contribution in [0.25, 0.3) is 0 Å². The molecule has 1 atom stereocenters. The summed E-state index contributed by atoms with van der Waals surface area (Å²) in [7, 11) is 0. The van der Waals surface area contributed by atoms with Crippen molar-refractivity contribution in [3.05, 3.63) is 71.8 Å². The fourth-order valence-corrected chi connectivity index (χ4v) is 3.13. The molecule has 0 saturated heterocycles. The van der Waals surface area contributed by atoms with Crippen LogP contribution in [-0.2, 0) is 0 Å². The Morgan fingerprint density at radius 3 is 1.75 bits per heavy atom. The summed E-state index contributed by atoms with van der Waals surface area (Å²) in [6.07, 6.45) is 4.05. The van der Waals surface area contributed by atoms with Gasteiger partial charge in [-0.15, -0.1) is 0 Å². The van der Waals surface area contributed by atoms with E-state index in [0.717, 1.165) is 6.04 Å². The van der Waals surface area contributed by atoms with Gasteiger partial charge in [0.2, 0.25) is 0 Å². The Morgan fingerprint density at radius 2 is 1.35 bits per heavy atom. The minimum atomic E-state index is 0.429. The molecule has 1 aliphatic carbocycles. The van der Waals surface area contributed by atoms with Crippen LogP contribution >= 0.6 is 0 Å². The maximum atomic E-state index is 3.81. The summed E-state index contributed by atoms with van der Waals surface area (Å²) >= 11 is 0. The highest BCUT2D eigenvalue weighted by Gasteiger charge is 2.25. The zero-order valence-electron chi connectivity index (χ0n) is 12.1. The topological polar surface area (TPSA) is 12.0 Å². The molecule has 0 aliphatic heterocycles. The van der Waals surface area contributed by atoms with Crippen LogP contribution in [0.15, 0.2) is 60.7 Å². The average molecular weight is 265 g/mol. The van der Waals surface area contributed by atoms with Gasteiger partial charge in [-0.2, -0.15) is 0 Å². The van der Waals surface area contributed by atoms with Gasteiger partial charge < -0.3 is 5.32 Å². The average Bonchev–Trinajstić information content (AvgIpc) is 2.46. The molecule has 2 aromatic rings. The summed E-state index contributed by atoms with van der Waals surface area (Å²) in [4.78, 5) is 0. The number of hydrogen-bond donors (Lipinski definition) is 1. The van der Waals surface area contributed by atoms with E-state index in [9.17, 15) is 0 Å². The van der Waals surface area contributed by atoms with Gasteiger partial charge in [-0.1, -0.05) is 67.1 Å². The van der Waals surface area contributed by atoms with Gasteiger partial charge in [0, 0.05) is 18.0 Å². The van der Waals surface area contributed by atoms with Crippen LogP contribution in [0, 0.1) is 0 Å². The Labute approximate surface area is 122 Å². The molecule has 0 bridgehead atoms. The molecule has 20 heavy (non-hydrogen) atoms. The maximum Gasteiger partial charge on any atom is 0.0240 e. The molecule has 1 heteroatoms. The van der Waals surface area contributed by atoms with E-state index in [1.807, 2.05) is 0 Å². The lowest BCUT2D eigenvalue weighted by Gasteiger charge is -2.34. The second-order valence-corrected chi connectivity index (χ2v) is 5.88. The predicted octanol–water partition coefficient (Wildman–Crippen LogP) is 4.35. The van der Waals surface area contributed by atoms with Crippen LogP contribution in [-0.4, -0.2) is 12.1 Å². The predicted molar refractivity (Wildman–Crippen MR) is 85.0 cm³/mol. The molecule has 0 heterocycles. The number of rotatable bonds is 5. The molecule has 2 aromatic carbocycles. The molecule has 1 N–H and O–H groups in total. The summed E-state index contributed by atoms with van der Waals surface area (Å²) in [5.41, 5.74) is 2.80. The van der Waals surface area contributed by atoms with Crippen molar-refractivity contribution in [2.75, 3.05) is 0 Å². The standard InChI is InChI=1S/C19H23N/c1-15(20-18-13-8-14-18)19(16-9-4-2-5-10-16)17-11-6-3-7-12-17/h2-7,9-12,15,18-20H,8,13-14H2,1H3. The molecular weight excluding hydrogens is 242 g/mol. The van der Waals surface area contributed by atoms with Gasteiger partial charge in [0.05, 0.1) is 0 Å². The van der Waals surface area contributed by atoms with Crippen molar-refractivity contribution < 1.29 is 0 Å². The van der Waals surface area contributed by atoms with Crippen LogP contribution in [0.3, 0.4) is 0 Å². The molecule has 0 spiro atoms. The Hall–Kier alpha value is -1.60. The van der Waals surface area contributed by atoms with E-state index in [1.165, 1.54) is 30.4 Å². The third-order valence-corrected chi connectivity index (χ3v) is 4.42. The van der Waals surface area contributed by atoms with E-state index in [-0.39, 0.29) is 0 Å². The molecular formula is C19H23N. The molecule has 104 valence electrons. The SMILES string of the molecule is CC(NC1CCC1)C(c1ccccc1)c1ccccc1. The lowest BCUT2D eigenvalue weighted by atomic mass is 9.84. The Balaban J connectivity index is 1.86. The Bertz CT molecular complexity index is 476. The quantitative estimate of drug-likeness (QED) is 0.847. The van der Waals surface area contributed by atoms with Gasteiger partial charge in [0.25, 0.3) is 0 Å². The summed E-state index contributed by atoms with van der Waals surface area (Å²) in [5, 5.41) is 3.81. The van der Waals surface area contributed by atoms with E-state index < -0.39 is 0 Å². The van der Waals surface area contributed by atoms with Crippen molar-refractivity contribution in [2.24, 2.45) is 0 Å². The largest absolute Gasteiger partial charge is 0.311 e.